The molecule has 0 saturated carbocycles. The molecule has 0 saturated heterocycles. The lowest BCUT2D eigenvalue weighted by Gasteiger charge is -2.27. The van der Waals surface area contributed by atoms with Crippen molar-refractivity contribution in [3.63, 3.8) is 0 Å². The zero-order chi connectivity index (χ0) is 23.0. The number of esters is 1. The number of hydrogen-bond acceptors (Lipinski definition) is 6. The van der Waals surface area contributed by atoms with E-state index < -0.39 is 0 Å². The Balaban J connectivity index is 1.55. The molecule has 170 valence electrons. The molecule has 0 radical (unpaired) electrons. The Labute approximate surface area is 199 Å². The first-order valence-corrected chi connectivity index (χ1v) is 11.9. The molecule has 0 fully saturated rings. The van der Waals surface area contributed by atoms with Crippen molar-refractivity contribution >= 4 is 28.5 Å². The van der Waals surface area contributed by atoms with Gasteiger partial charge in [0.05, 0.1) is 12.2 Å². The largest absolute Gasteiger partial charge is 0.490 e. The molecule has 0 bridgehead atoms. The summed E-state index contributed by atoms with van der Waals surface area (Å²) in [5, 5.41) is 0.715. The fourth-order valence-corrected chi connectivity index (χ4v) is 5.08. The molecule has 1 aromatic heterocycles. The maximum absolute atomic E-state index is 12.8. The summed E-state index contributed by atoms with van der Waals surface area (Å²) in [5.41, 5.74) is 3.94. The molecule has 2 heterocycles. The smallest absolute Gasteiger partial charge is 0.341 e. The van der Waals surface area contributed by atoms with E-state index in [-0.39, 0.29) is 5.97 Å². The lowest BCUT2D eigenvalue weighted by Crippen LogP contribution is -2.29. The minimum absolute atomic E-state index is 0.285. The van der Waals surface area contributed by atoms with Crippen LogP contribution in [0.5, 0.6) is 5.75 Å². The number of thiophene rings is 1. The Morgan fingerprint density at radius 1 is 1.18 bits per heavy atom. The number of ether oxygens (including phenoxy) is 2. The Morgan fingerprint density at radius 2 is 1.97 bits per heavy atom. The molecule has 0 spiro atoms. The van der Waals surface area contributed by atoms with Crippen molar-refractivity contribution in [2.24, 2.45) is 4.99 Å². The first kappa shape index (κ1) is 23.0. The summed E-state index contributed by atoms with van der Waals surface area (Å²) in [6.07, 6.45) is 4.32. The number of fused-ring (bicyclic) bond motifs is 1. The summed E-state index contributed by atoms with van der Waals surface area (Å²) in [7, 11) is 0. The lowest BCUT2D eigenvalue weighted by molar-refractivity contribution is 0.0526. The third-order valence-corrected chi connectivity index (χ3v) is 6.55. The topological polar surface area (TPSA) is 51.1 Å². The van der Waals surface area contributed by atoms with Gasteiger partial charge in [-0.25, -0.2) is 9.79 Å². The highest BCUT2D eigenvalue weighted by atomic mass is 32.1. The van der Waals surface area contributed by atoms with Gasteiger partial charge in [-0.15, -0.1) is 11.3 Å². The van der Waals surface area contributed by atoms with Crippen LogP contribution in [0.4, 0.5) is 5.00 Å². The van der Waals surface area contributed by atoms with Gasteiger partial charge in [0.15, 0.2) is 0 Å². The number of hydrogen-bond donors (Lipinski definition) is 0. The second kappa shape index (κ2) is 11.1. The van der Waals surface area contributed by atoms with E-state index in [0.717, 1.165) is 42.9 Å². The molecular formula is C27H28N2O3S. The van der Waals surface area contributed by atoms with Crippen LogP contribution in [0.3, 0.4) is 0 Å². The predicted molar refractivity (Wildman–Crippen MR) is 134 cm³/mol. The number of aliphatic imine (C=N–C) groups is 1. The van der Waals surface area contributed by atoms with Crippen LogP contribution < -0.4 is 4.74 Å². The van der Waals surface area contributed by atoms with Crippen molar-refractivity contribution in [1.82, 2.24) is 4.90 Å². The molecule has 6 heteroatoms. The van der Waals surface area contributed by atoms with Gasteiger partial charge in [0.25, 0.3) is 0 Å². The van der Waals surface area contributed by atoms with Gasteiger partial charge >= 0.3 is 5.97 Å². The SMILES string of the molecule is C=CCOc1ccc(C=Nc2sc3c(c2C(=O)OCC)CCN(Cc2ccccc2)C3)cc1. The lowest BCUT2D eigenvalue weighted by atomic mass is 10.0. The molecule has 0 unspecified atom stereocenters. The van der Waals surface area contributed by atoms with Gasteiger partial charge in [0.2, 0.25) is 0 Å². The normalized spacial score (nSPS) is 13.6. The molecule has 0 aliphatic carbocycles. The van der Waals surface area contributed by atoms with E-state index in [9.17, 15) is 4.79 Å². The van der Waals surface area contributed by atoms with Crippen molar-refractivity contribution < 1.29 is 14.3 Å². The van der Waals surface area contributed by atoms with Gasteiger partial charge in [-0.05, 0) is 54.3 Å². The maximum atomic E-state index is 12.8. The van der Waals surface area contributed by atoms with E-state index in [4.69, 9.17) is 14.5 Å². The summed E-state index contributed by atoms with van der Waals surface area (Å²) in [6.45, 7) is 8.92. The molecule has 4 rings (SSSR count). The van der Waals surface area contributed by atoms with Crippen LogP contribution >= 0.6 is 11.3 Å². The van der Waals surface area contributed by atoms with E-state index in [1.165, 1.54) is 10.4 Å². The van der Waals surface area contributed by atoms with E-state index in [1.54, 1.807) is 23.6 Å². The van der Waals surface area contributed by atoms with Gasteiger partial charge in [-0.1, -0.05) is 43.0 Å². The fraction of sp³-hybridized carbons (Fsp3) is 0.259. The maximum Gasteiger partial charge on any atom is 0.341 e. The van der Waals surface area contributed by atoms with Crippen molar-refractivity contribution in [1.29, 1.82) is 0 Å². The Morgan fingerprint density at radius 3 is 2.70 bits per heavy atom. The minimum atomic E-state index is -0.285. The highest BCUT2D eigenvalue weighted by molar-refractivity contribution is 7.16. The van der Waals surface area contributed by atoms with Crippen LogP contribution in [0.15, 0.2) is 72.2 Å². The molecule has 2 aromatic carbocycles. The zero-order valence-corrected chi connectivity index (χ0v) is 19.6. The average Bonchev–Trinajstić information content (AvgIpc) is 3.20. The summed E-state index contributed by atoms with van der Waals surface area (Å²) >= 11 is 1.59. The van der Waals surface area contributed by atoms with E-state index in [1.807, 2.05) is 37.3 Å². The van der Waals surface area contributed by atoms with Gasteiger partial charge in [-0.3, -0.25) is 4.90 Å². The van der Waals surface area contributed by atoms with Gasteiger partial charge in [-0.2, -0.15) is 0 Å². The quantitative estimate of drug-likeness (QED) is 0.230. The predicted octanol–water partition coefficient (Wildman–Crippen LogP) is 5.80. The van der Waals surface area contributed by atoms with Crippen molar-refractivity contribution in [3.05, 3.63) is 94.4 Å². The molecule has 1 aliphatic rings. The van der Waals surface area contributed by atoms with Gasteiger partial charge in [0.1, 0.15) is 17.4 Å². The molecular weight excluding hydrogens is 432 g/mol. The molecule has 1 aliphatic heterocycles. The first-order valence-electron chi connectivity index (χ1n) is 11.1. The van der Waals surface area contributed by atoms with E-state index in [0.29, 0.717) is 23.8 Å². The Kier molecular flexibility index (Phi) is 7.70. The third-order valence-electron chi connectivity index (χ3n) is 5.42. The standard InChI is InChI=1S/C27H28N2O3S/c1-3-16-32-22-12-10-20(11-13-22)17-28-26-25(27(30)31-4-2)23-14-15-29(19-24(23)33-26)18-21-8-6-5-7-9-21/h3,5-13,17H,1,4,14-16,18-19H2,2H3. The summed E-state index contributed by atoms with van der Waals surface area (Å²) in [4.78, 5) is 21.1. The van der Waals surface area contributed by atoms with E-state index in [2.05, 4.69) is 35.7 Å². The van der Waals surface area contributed by atoms with Crippen LogP contribution in [0, 0.1) is 0 Å². The summed E-state index contributed by atoms with van der Waals surface area (Å²) in [5.74, 6) is 0.496. The number of carbonyl (C=O) groups is 1. The van der Waals surface area contributed by atoms with Crippen LogP contribution in [0.2, 0.25) is 0 Å². The second-order valence-electron chi connectivity index (χ2n) is 7.78. The molecule has 0 atom stereocenters. The number of rotatable bonds is 9. The van der Waals surface area contributed by atoms with Gasteiger partial charge < -0.3 is 9.47 Å². The highest BCUT2D eigenvalue weighted by Crippen LogP contribution is 2.39. The molecule has 3 aromatic rings. The Bertz CT molecular complexity index is 1120. The zero-order valence-electron chi connectivity index (χ0n) is 18.8. The molecule has 33 heavy (non-hydrogen) atoms. The van der Waals surface area contributed by atoms with Crippen LogP contribution in [0.1, 0.15) is 38.8 Å². The number of carbonyl (C=O) groups excluding carboxylic acids is 1. The van der Waals surface area contributed by atoms with Crippen LogP contribution in [0.25, 0.3) is 0 Å². The third kappa shape index (κ3) is 5.78. The number of nitrogens with zero attached hydrogens (tertiary/aromatic N) is 2. The first-order chi connectivity index (χ1) is 16.2. The monoisotopic (exact) mass is 460 g/mol. The highest BCUT2D eigenvalue weighted by Gasteiger charge is 2.28. The number of benzene rings is 2. The minimum Gasteiger partial charge on any atom is -0.490 e. The molecule has 0 amide bonds. The Hall–Kier alpha value is -3.22. The van der Waals surface area contributed by atoms with Crippen molar-refractivity contribution in [2.45, 2.75) is 26.4 Å². The van der Waals surface area contributed by atoms with Crippen LogP contribution in [-0.2, 0) is 24.2 Å². The van der Waals surface area contributed by atoms with Gasteiger partial charge in [0, 0.05) is 30.7 Å². The average molecular weight is 461 g/mol. The summed E-state index contributed by atoms with van der Waals surface area (Å²) < 4.78 is 10.9. The van der Waals surface area contributed by atoms with E-state index >= 15 is 0 Å². The molecule has 5 nitrogen and oxygen atoms in total. The second-order valence-corrected chi connectivity index (χ2v) is 8.86. The molecule has 0 N–H and O–H groups in total. The fourth-order valence-electron chi connectivity index (χ4n) is 3.86. The van der Waals surface area contributed by atoms with Crippen molar-refractivity contribution in [2.75, 3.05) is 19.8 Å². The van der Waals surface area contributed by atoms with Crippen molar-refractivity contribution in [3.8, 4) is 5.75 Å². The summed E-state index contributed by atoms with van der Waals surface area (Å²) in [6, 6.07) is 18.2. The van der Waals surface area contributed by atoms with Crippen LogP contribution in [-0.4, -0.2) is 36.8 Å².